The van der Waals surface area contributed by atoms with Crippen molar-refractivity contribution in [3.63, 3.8) is 0 Å². The lowest BCUT2D eigenvalue weighted by Crippen LogP contribution is -2.09. The van der Waals surface area contributed by atoms with Gasteiger partial charge in [0.15, 0.2) is 0 Å². The molecule has 0 radical (unpaired) electrons. The molecule has 4 aromatic rings. The zero-order valence-corrected chi connectivity index (χ0v) is 16.0. The van der Waals surface area contributed by atoms with E-state index in [1.165, 1.54) is 6.07 Å². The van der Waals surface area contributed by atoms with E-state index in [0.29, 0.717) is 28.2 Å². The van der Waals surface area contributed by atoms with Crippen LogP contribution in [0.15, 0.2) is 82.0 Å². The van der Waals surface area contributed by atoms with Crippen molar-refractivity contribution in [2.24, 2.45) is 0 Å². The molecule has 0 aliphatic carbocycles. The number of hydrogen-bond donors (Lipinski definition) is 0. The van der Waals surface area contributed by atoms with Crippen LogP contribution in [0.3, 0.4) is 0 Å². The van der Waals surface area contributed by atoms with Gasteiger partial charge in [-0.2, -0.15) is 0 Å². The molecule has 0 saturated carbocycles. The maximum atomic E-state index is 12.5. The highest BCUT2D eigenvalue weighted by Gasteiger charge is 2.16. The van der Waals surface area contributed by atoms with E-state index in [1.807, 2.05) is 30.3 Å². The van der Waals surface area contributed by atoms with Crippen LogP contribution in [0.4, 0.5) is 0 Å². The monoisotopic (exact) mass is 386 g/mol. The van der Waals surface area contributed by atoms with Gasteiger partial charge in [0.2, 0.25) is 0 Å². The Kier molecular flexibility index (Phi) is 4.87. The first-order valence-corrected chi connectivity index (χ1v) is 9.06. The van der Waals surface area contributed by atoms with E-state index in [-0.39, 0.29) is 0 Å². The molecule has 0 amide bonds. The van der Waals surface area contributed by atoms with E-state index in [0.717, 1.165) is 16.5 Å². The highest BCUT2D eigenvalue weighted by molar-refractivity contribution is 5.97. The average molecular weight is 386 g/mol. The van der Waals surface area contributed by atoms with E-state index < -0.39 is 11.6 Å². The molecule has 0 unspecified atom stereocenters. The number of hydrogen-bond acceptors (Lipinski definition) is 5. The molecule has 5 nitrogen and oxygen atoms in total. The summed E-state index contributed by atoms with van der Waals surface area (Å²) in [5.41, 5.74) is 2.60. The Balaban J connectivity index is 1.74. The predicted octanol–water partition coefficient (Wildman–Crippen LogP) is 5.00. The summed E-state index contributed by atoms with van der Waals surface area (Å²) < 4.78 is 16.1. The number of benzene rings is 3. The summed E-state index contributed by atoms with van der Waals surface area (Å²) in [4.78, 5) is 24.7. The molecular formula is C24H18O5. The summed E-state index contributed by atoms with van der Waals surface area (Å²) in [5.74, 6) is 0.488. The third-order valence-corrected chi connectivity index (χ3v) is 4.72. The number of carbonyl (C=O) groups is 1. The maximum absolute atomic E-state index is 12.5. The molecule has 29 heavy (non-hydrogen) atoms. The van der Waals surface area contributed by atoms with E-state index >= 15 is 0 Å². The molecular weight excluding hydrogens is 368 g/mol. The fourth-order valence-corrected chi connectivity index (χ4v) is 3.20. The third-order valence-electron chi connectivity index (χ3n) is 4.72. The van der Waals surface area contributed by atoms with Gasteiger partial charge in [-0.05, 0) is 54.4 Å². The zero-order chi connectivity index (χ0) is 20.4. The normalized spacial score (nSPS) is 10.7. The molecule has 144 valence electrons. The molecule has 3 aromatic carbocycles. The highest BCUT2D eigenvalue weighted by atomic mass is 16.5. The molecule has 0 aliphatic heterocycles. The predicted molar refractivity (Wildman–Crippen MR) is 111 cm³/mol. The first-order valence-electron chi connectivity index (χ1n) is 9.06. The molecule has 0 atom stereocenters. The Morgan fingerprint density at radius 1 is 0.931 bits per heavy atom. The number of rotatable bonds is 4. The first-order chi connectivity index (χ1) is 14.1. The average Bonchev–Trinajstić information content (AvgIpc) is 2.76. The van der Waals surface area contributed by atoms with Gasteiger partial charge in [0, 0.05) is 17.0 Å². The lowest BCUT2D eigenvalue weighted by Gasteiger charge is -2.12. The molecule has 0 bridgehead atoms. The number of aryl methyl sites for hydroxylation is 1. The molecule has 4 rings (SSSR count). The number of methoxy groups -OCH3 is 1. The van der Waals surface area contributed by atoms with Crippen LogP contribution in [-0.2, 0) is 0 Å². The Hall–Kier alpha value is -3.86. The maximum Gasteiger partial charge on any atom is 0.343 e. The summed E-state index contributed by atoms with van der Waals surface area (Å²) >= 11 is 0. The molecule has 0 saturated heterocycles. The summed E-state index contributed by atoms with van der Waals surface area (Å²) in [6, 6.07) is 21.2. The van der Waals surface area contributed by atoms with Gasteiger partial charge >= 0.3 is 11.6 Å². The highest BCUT2D eigenvalue weighted by Crippen LogP contribution is 2.33. The van der Waals surface area contributed by atoms with Gasteiger partial charge in [-0.1, -0.05) is 30.3 Å². The standard InChI is InChI=1S/C24H18O5/c1-15-21(28-24(26)17-8-10-18(27-2)11-9-17)13-12-19-20(14-22(25)29-23(15)19)16-6-4-3-5-7-16/h3-14H,1-2H3. The van der Waals surface area contributed by atoms with Crippen molar-refractivity contribution in [3.05, 3.63) is 94.3 Å². The number of carbonyl (C=O) groups excluding carboxylic acids is 1. The minimum absolute atomic E-state index is 0.340. The van der Waals surface area contributed by atoms with Crippen LogP contribution < -0.4 is 15.1 Å². The van der Waals surface area contributed by atoms with Crippen molar-refractivity contribution in [1.29, 1.82) is 0 Å². The third kappa shape index (κ3) is 3.62. The van der Waals surface area contributed by atoms with Crippen molar-refractivity contribution < 1.29 is 18.7 Å². The topological polar surface area (TPSA) is 65.7 Å². The largest absolute Gasteiger partial charge is 0.497 e. The zero-order valence-electron chi connectivity index (χ0n) is 16.0. The van der Waals surface area contributed by atoms with Crippen molar-refractivity contribution in [2.45, 2.75) is 6.92 Å². The van der Waals surface area contributed by atoms with Gasteiger partial charge < -0.3 is 13.9 Å². The molecule has 1 heterocycles. The Morgan fingerprint density at radius 2 is 1.66 bits per heavy atom. The summed E-state index contributed by atoms with van der Waals surface area (Å²) in [6.45, 7) is 1.76. The number of esters is 1. The van der Waals surface area contributed by atoms with Crippen LogP contribution in [0.5, 0.6) is 11.5 Å². The van der Waals surface area contributed by atoms with Crippen molar-refractivity contribution in [3.8, 4) is 22.6 Å². The van der Waals surface area contributed by atoms with Gasteiger partial charge in [0.05, 0.1) is 12.7 Å². The van der Waals surface area contributed by atoms with Crippen LogP contribution in [0.25, 0.3) is 22.1 Å². The SMILES string of the molecule is COc1ccc(C(=O)Oc2ccc3c(-c4ccccc4)cc(=O)oc3c2C)cc1. The molecule has 0 aliphatic rings. The van der Waals surface area contributed by atoms with E-state index in [4.69, 9.17) is 13.9 Å². The minimum atomic E-state index is -0.503. The van der Waals surface area contributed by atoms with Crippen LogP contribution in [0.2, 0.25) is 0 Å². The van der Waals surface area contributed by atoms with Gasteiger partial charge in [-0.25, -0.2) is 9.59 Å². The molecule has 5 heteroatoms. The number of fused-ring (bicyclic) bond motifs is 1. The quantitative estimate of drug-likeness (QED) is 0.281. The van der Waals surface area contributed by atoms with Crippen LogP contribution >= 0.6 is 0 Å². The second-order valence-corrected chi connectivity index (χ2v) is 6.53. The van der Waals surface area contributed by atoms with Crippen molar-refractivity contribution in [1.82, 2.24) is 0 Å². The van der Waals surface area contributed by atoms with E-state index in [1.54, 1.807) is 50.4 Å². The van der Waals surface area contributed by atoms with E-state index in [2.05, 4.69) is 0 Å². The van der Waals surface area contributed by atoms with Crippen LogP contribution in [-0.4, -0.2) is 13.1 Å². The van der Waals surface area contributed by atoms with Crippen LogP contribution in [0, 0.1) is 6.92 Å². The second kappa shape index (κ2) is 7.64. The summed E-state index contributed by atoms with van der Waals surface area (Å²) in [6.07, 6.45) is 0. The Morgan fingerprint density at radius 3 is 2.34 bits per heavy atom. The lowest BCUT2D eigenvalue weighted by molar-refractivity contribution is 0.0733. The molecule has 0 N–H and O–H groups in total. The van der Waals surface area contributed by atoms with Crippen LogP contribution in [0.1, 0.15) is 15.9 Å². The van der Waals surface area contributed by atoms with Gasteiger partial charge in [-0.3, -0.25) is 0 Å². The molecule has 0 spiro atoms. The molecule has 0 fully saturated rings. The van der Waals surface area contributed by atoms with Gasteiger partial charge in [-0.15, -0.1) is 0 Å². The molecule has 1 aromatic heterocycles. The van der Waals surface area contributed by atoms with Gasteiger partial charge in [0.25, 0.3) is 0 Å². The smallest absolute Gasteiger partial charge is 0.343 e. The van der Waals surface area contributed by atoms with Crippen molar-refractivity contribution >= 4 is 16.9 Å². The summed E-state index contributed by atoms with van der Waals surface area (Å²) in [5, 5.41) is 0.776. The fraction of sp³-hybridized carbons (Fsp3) is 0.0833. The fourth-order valence-electron chi connectivity index (χ4n) is 3.20. The second-order valence-electron chi connectivity index (χ2n) is 6.53. The van der Waals surface area contributed by atoms with Crippen molar-refractivity contribution in [2.75, 3.05) is 7.11 Å². The Bertz CT molecular complexity index is 1240. The summed E-state index contributed by atoms with van der Waals surface area (Å²) in [7, 11) is 1.56. The minimum Gasteiger partial charge on any atom is -0.497 e. The van der Waals surface area contributed by atoms with E-state index in [9.17, 15) is 9.59 Å². The van der Waals surface area contributed by atoms with Gasteiger partial charge in [0.1, 0.15) is 17.1 Å². The Labute approximate surface area is 167 Å². The first kappa shape index (κ1) is 18.5. The number of ether oxygens (including phenoxy) is 2. The lowest BCUT2D eigenvalue weighted by atomic mass is 10.0.